The Hall–Kier alpha value is -0.116. The van der Waals surface area contributed by atoms with Gasteiger partial charge in [-0.3, -0.25) is 4.79 Å². The van der Waals surface area contributed by atoms with Crippen molar-refractivity contribution < 1.29 is 62.0 Å². The summed E-state index contributed by atoms with van der Waals surface area (Å²) < 4.78 is 8.62. The van der Waals surface area contributed by atoms with Gasteiger partial charge in [-0.25, -0.2) is 0 Å². The Morgan fingerprint density at radius 2 is 1.59 bits per heavy atom. The Morgan fingerprint density at radius 3 is 1.76 bits per heavy atom. The number of nitrogens with one attached hydrogen (secondary N) is 2. The van der Waals surface area contributed by atoms with Crippen LogP contribution in [0.1, 0.15) is 0 Å². The third kappa shape index (κ3) is 6.39. The van der Waals surface area contributed by atoms with E-state index in [2.05, 4.69) is 9.47 Å². The quantitative estimate of drug-likeness (QED) is 0.321. The van der Waals surface area contributed by atoms with Gasteiger partial charge in [0.2, 0.25) is 0 Å². The van der Waals surface area contributed by atoms with Crippen LogP contribution >= 0.6 is 0 Å². The zero-order chi connectivity index (χ0) is 11.2. The van der Waals surface area contributed by atoms with Crippen LogP contribution < -0.4 is 5.32 Å². The normalized spacial score (nSPS) is 9.12. The van der Waals surface area contributed by atoms with E-state index < -0.39 is 31.2 Å². The standard InChI is InChI=1S/C6H12N2O6.2CH3.Y/c1-8-5(12)6(4(7)11,13-2-9)14-3-10;;;/h9-10H,2-3H2,1H3,(H3,7,8,11,12);2*1H3;/q;2*-1;+3/p-1. The molecule has 4 N–H and O–H groups in total. The van der Waals surface area contributed by atoms with Crippen molar-refractivity contribution in [2.45, 2.75) is 5.79 Å². The summed E-state index contributed by atoms with van der Waals surface area (Å²) in [6, 6.07) is 0. The van der Waals surface area contributed by atoms with E-state index in [1.165, 1.54) is 7.05 Å². The molecule has 0 aromatic heterocycles. The molecule has 0 aromatic carbocycles. The minimum atomic E-state index is -2.61. The molecular weight excluding hydrogens is 309 g/mol. The van der Waals surface area contributed by atoms with Crippen LogP contribution in [0.3, 0.4) is 0 Å². The molecule has 0 saturated heterocycles. The number of amides is 2. The van der Waals surface area contributed by atoms with Crippen LogP contribution in [0, 0.1) is 14.9 Å². The van der Waals surface area contributed by atoms with E-state index in [9.17, 15) is 9.59 Å². The summed E-state index contributed by atoms with van der Waals surface area (Å²) >= 11 is 0. The molecule has 0 heterocycles. The van der Waals surface area contributed by atoms with Crippen molar-refractivity contribution in [2.75, 3.05) is 20.6 Å². The number of hydrogen-bond donors (Lipinski definition) is 3. The third-order valence-corrected chi connectivity index (χ3v) is 1.36. The van der Waals surface area contributed by atoms with Gasteiger partial charge in [-0.2, -0.15) is 0 Å². The van der Waals surface area contributed by atoms with Crippen molar-refractivity contribution in [1.29, 1.82) is 0 Å². The Kier molecular flexibility index (Phi) is 18.6. The molecule has 0 aliphatic rings. The summed E-state index contributed by atoms with van der Waals surface area (Å²) in [6.45, 7) is -2.00. The number of ether oxygens (including phenoxy) is 2. The number of aliphatic hydroxyl groups excluding tert-OH is 2. The van der Waals surface area contributed by atoms with E-state index in [1.807, 2.05) is 5.32 Å². The maximum atomic E-state index is 11.1. The van der Waals surface area contributed by atoms with E-state index in [-0.39, 0.29) is 47.6 Å². The largest absolute Gasteiger partial charge is 3.00 e. The molecule has 0 aliphatic carbocycles. The van der Waals surface area contributed by atoms with E-state index in [0.717, 1.165) is 0 Å². The van der Waals surface area contributed by atoms with Gasteiger partial charge >= 0.3 is 32.7 Å². The average molecular weight is 326 g/mol. The maximum absolute atomic E-state index is 11.1. The molecule has 0 fully saturated rings. The second-order valence-corrected chi connectivity index (χ2v) is 2.07. The fraction of sp³-hybridized carbons (Fsp3) is 0.500. The van der Waals surface area contributed by atoms with Crippen molar-refractivity contribution in [3.8, 4) is 0 Å². The molecular formula is C8H17N2O6Y. The first-order valence-corrected chi connectivity index (χ1v) is 3.53. The topological polar surface area (TPSA) is 129 Å². The summed E-state index contributed by atoms with van der Waals surface area (Å²) in [5.74, 6) is -5.22. The summed E-state index contributed by atoms with van der Waals surface area (Å²) in [5, 5.41) is 18.8. The summed E-state index contributed by atoms with van der Waals surface area (Å²) in [4.78, 5) is 21.9. The number of likely N-dealkylation sites (N-methyl/N-ethyl adjacent to an activating group) is 1. The van der Waals surface area contributed by atoms with Crippen molar-refractivity contribution in [1.82, 2.24) is 5.32 Å². The molecule has 0 radical (unpaired) electrons. The van der Waals surface area contributed by atoms with Crippen LogP contribution in [0.15, 0.2) is 0 Å². The Morgan fingerprint density at radius 1 is 1.24 bits per heavy atom. The van der Waals surface area contributed by atoms with Gasteiger partial charge in [-0.1, -0.05) is 0 Å². The number of rotatable bonds is 6. The van der Waals surface area contributed by atoms with Crippen molar-refractivity contribution in [2.24, 2.45) is 0 Å². The summed E-state index contributed by atoms with van der Waals surface area (Å²) in [6.07, 6.45) is 0. The SMILES string of the molecule is CNC(=O)C(OCO)(OCO)C([NH-])=O.[CH3-].[CH3-].[Y+3]. The Balaban J connectivity index is -0.000000282. The predicted octanol–water partition coefficient (Wildman–Crippen LogP) is -1.16. The molecule has 0 saturated carbocycles. The second-order valence-electron chi connectivity index (χ2n) is 2.07. The van der Waals surface area contributed by atoms with Gasteiger partial charge in [0.15, 0.2) is 0 Å². The second kappa shape index (κ2) is 12.3. The Bertz CT molecular complexity index is 220. The molecule has 9 heteroatoms. The average Bonchev–Trinajstić information content (AvgIpc) is 2.15. The summed E-state index contributed by atoms with van der Waals surface area (Å²) in [5.41, 5.74) is 6.75. The van der Waals surface area contributed by atoms with Crippen LogP contribution in [0.4, 0.5) is 0 Å². The van der Waals surface area contributed by atoms with Crippen LogP contribution in [0.5, 0.6) is 0 Å². The zero-order valence-electron chi connectivity index (χ0n) is 10.0. The van der Waals surface area contributed by atoms with Crippen LogP contribution in [0.25, 0.3) is 5.73 Å². The van der Waals surface area contributed by atoms with Gasteiger partial charge in [0.05, 0.1) is 0 Å². The molecule has 17 heavy (non-hydrogen) atoms. The Labute approximate surface area is 126 Å². The van der Waals surface area contributed by atoms with E-state index in [0.29, 0.717) is 0 Å². The van der Waals surface area contributed by atoms with Gasteiger partial charge in [-0.05, 0) is 0 Å². The zero-order valence-corrected chi connectivity index (χ0v) is 12.9. The van der Waals surface area contributed by atoms with Gasteiger partial charge in [0.25, 0.3) is 11.7 Å². The van der Waals surface area contributed by atoms with E-state index in [4.69, 9.17) is 15.9 Å². The molecule has 0 atom stereocenters. The van der Waals surface area contributed by atoms with Gasteiger partial charge in [-0.15, -0.1) is 0 Å². The number of aliphatic hydroxyl groups is 2. The first kappa shape index (κ1) is 25.7. The number of hydrogen-bond acceptors (Lipinski definition) is 6. The first-order valence-electron chi connectivity index (χ1n) is 3.53. The van der Waals surface area contributed by atoms with Crippen molar-refractivity contribution in [3.63, 3.8) is 0 Å². The summed E-state index contributed by atoms with van der Waals surface area (Å²) in [7, 11) is 1.18. The third-order valence-electron chi connectivity index (χ3n) is 1.36. The molecule has 0 aromatic rings. The van der Waals surface area contributed by atoms with E-state index in [1.54, 1.807) is 0 Å². The van der Waals surface area contributed by atoms with Gasteiger partial charge in [0.1, 0.15) is 19.5 Å². The monoisotopic (exact) mass is 326 g/mol. The number of carbonyl (C=O) groups excluding carboxylic acids is 2. The van der Waals surface area contributed by atoms with Crippen LogP contribution in [0.2, 0.25) is 0 Å². The molecule has 0 spiro atoms. The fourth-order valence-corrected chi connectivity index (χ4v) is 0.753. The molecule has 0 bridgehead atoms. The van der Waals surface area contributed by atoms with Gasteiger partial charge < -0.3 is 50.4 Å². The fourth-order valence-electron chi connectivity index (χ4n) is 0.753. The van der Waals surface area contributed by atoms with Crippen molar-refractivity contribution >= 4 is 11.8 Å². The van der Waals surface area contributed by atoms with Crippen molar-refractivity contribution in [3.05, 3.63) is 20.6 Å². The van der Waals surface area contributed by atoms with E-state index >= 15 is 0 Å². The smallest absolute Gasteiger partial charge is 0.663 e. The molecule has 2 amide bonds. The number of carbonyl (C=O) groups is 2. The van der Waals surface area contributed by atoms with Crippen LogP contribution in [-0.2, 0) is 51.8 Å². The molecule has 98 valence electrons. The van der Waals surface area contributed by atoms with Crippen LogP contribution in [-0.4, -0.2) is 48.4 Å². The molecule has 8 nitrogen and oxygen atoms in total. The minimum Gasteiger partial charge on any atom is -0.663 e. The first-order chi connectivity index (χ1) is 6.55. The molecule has 0 rings (SSSR count). The van der Waals surface area contributed by atoms with Gasteiger partial charge in [0, 0.05) is 7.05 Å². The molecule has 0 unspecified atom stereocenters. The predicted molar refractivity (Wildman–Crippen MR) is 55.3 cm³/mol. The maximum Gasteiger partial charge on any atom is 3.00 e. The minimum absolute atomic E-state index is 0. The molecule has 0 aliphatic heterocycles.